The number of nitrogens with one attached hydrogen (secondary N) is 2. The zero-order valence-corrected chi connectivity index (χ0v) is 15.6. The van der Waals surface area contributed by atoms with Gasteiger partial charge in [0.1, 0.15) is 11.8 Å². The van der Waals surface area contributed by atoms with Gasteiger partial charge in [0.2, 0.25) is 5.91 Å². The average Bonchev–Trinajstić information content (AvgIpc) is 2.55. The first-order valence-electron chi connectivity index (χ1n) is 8.44. The molecule has 0 aromatic heterocycles. The second kappa shape index (κ2) is 8.00. The van der Waals surface area contributed by atoms with Crippen molar-refractivity contribution in [3.05, 3.63) is 59.7 Å². The lowest BCUT2D eigenvalue weighted by atomic mass is 9.87. The Morgan fingerprint density at radius 1 is 0.963 bits per heavy atom. The number of benzene rings is 2. The maximum atomic E-state index is 12.6. The SMILES string of the molecule is CN[C@@H](C(=O)Nc1ccc(C(C)(C)C)cc1)c1ccc(OC(F)(F)F)cc1. The van der Waals surface area contributed by atoms with Crippen LogP contribution in [0.5, 0.6) is 5.75 Å². The van der Waals surface area contributed by atoms with E-state index < -0.39 is 12.4 Å². The molecule has 4 nitrogen and oxygen atoms in total. The minimum absolute atomic E-state index is 0.0102. The Labute approximate surface area is 156 Å². The number of ether oxygens (including phenoxy) is 1. The fraction of sp³-hybridized carbons (Fsp3) is 0.350. The molecule has 7 heteroatoms. The summed E-state index contributed by atoms with van der Waals surface area (Å²) in [6.45, 7) is 6.30. The van der Waals surface area contributed by atoms with Crippen LogP contribution in [0.25, 0.3) is 0 Å². The molecule has 0 saturated carbocycles. The average molecular weight is 380 g/mol. The largest absolute Gasteiger partial charge is 0.573 e. The van der Waals surface area contributed by atoms with E-state index in [2.05, 4.69) is 36.1 Å². The summed E-state index contributed by atoms with van der Waals surface area (Å²) in [5, 5.41) is 5.68. The summed E-state index contributed by atoms with van der Waals surface area (Å²) in [7, 11) is 1.60. The molecule has 0 saturated heterocycles. The molecule has 2 aromatic carbocycles. The van der Waals surface area contributed by atoms with E-state index in [1.165, 1.54) is 24.3 Å². The van der Waals surface area contributed by atoms with Crippen LogP contribution in [0.4, 0.5) is 18.9 Å². The third kappa shape index (κ3) is 5.99. The molecule has 0 aliphatic heterocycles. The molecule has 1 atom stereocenters. The van der Waals surface area contributed by atoms with Gasteiger partial charge >= 0.3 is 6.36 Å². The van der Waals surface area contributed by atoms with Crippen molar-refractivity contribution in [2.45, 2.75) is 38.6 Å². The van der Waals surface area contributed by atoms with Gasteiger partial charge in [-0.3, -0.25) is 4.79 Å². The first kappa shape index (κ1) is 20.8. The van der Waals surface area contributed by atoms with Gasteiger partial charge in [0.05, 0.1) is 0 Å². The van der Waals surface area contributed by atoms with Crippen LogP contribution < -0.4 is 15.4 Å². The van der Waals surface area contributed by atoms with Crippen LogP contribution >= 0.6 is 0 Å². The van der Waals surface area contributed by atoms with Gasteiger partial charge in [-0.15, -0.1) is 13.2 Å². The van der Waals surface area contributed by atoms with Gasteiger partial charge < -0.3 is 15.4 Å². The lowest BCUT2D eigenvalue weighted by molar-refractivity contribution is -0.274. The number of rotatable bonds is 5. The van der Waals surface area contributed by atoms with E-state index >= 15 is 0 Å². The molecule has 0 aliphatic carbocycles. The fourth-order valence-corrected chi connectivity index (χ4v) is 2.58. The molecule has 0 aliphatic rings. The summed E-state index contributed by atoms with van der Waals surface area (Å²) in [5.41, 5.74) is 2.32. The van der Waals surface area contributed by atoms with Crippen molar-refractivity contribution in [2.24, 2.45) is 0 Å². The Morgan fingerprint density at radius 2 is 1.52 bits per heavy atom. The molecule has 2 rings (SSSR count). The number of anilines is 1. The van der Waals surface area contributed by atoms with E-state index in [9.17, 15) is 18.0 Å². The van der Waals surface area contributed by atoms with Gasteiger partial charge in [-0.25, -0.2) is 0 Å². The third-order valence-electron chi connectivity index (χ3n) is 4.02. The summed E-state index contributed by atoms with van der Waals surface area (Å²) in [6.07, 6.45) is -4.75. The van der Waals surface area contributed by atoms with Crippen LogP contribution in [-0.2, 0) is 10.2 Å². The molecule has 0 heterocycles. The van der Waals surface area contributed by atoms with Crippen molar-refractivity contribution >= 4 is 11.6 Å². The maximum Gasteiger partial charge on any atom is 0.573 e. The highest BCUT2D eigenvalue weighted by atomic mass is 19.4. The minimum atomic E-state index is -4.75. The van der Waals surface area contributed by atoms with E-state index in [1.54, 1.807) is 7.05 Å². The number of hydrogen-bond acceptors (Lipinski definition) is 3. The Balaban J connectivity index is 2.09. The van der Waals surface area contributed by atoms with Crippen molar-refractivity contribution in [3.8, 4) is 5.75 Å². The number of likely N-dealkylation sites (N-methyl/N-ethyl adjacent to an activating group) is 1. The predicted molar refractivity (Wildman–Crippen MR) is 98.7 cm³/mol. The van der Waals surface area contributed by atoms with Crippen molar-refractivity contribution in [3.63, 3.8) is 0 Å². The number of carbonyl (C=O) groups is 1. The van der Waals surface area contributed by atoms with Crippen LogP contribution in [0, 0.1) is 0 Å². The molecule has 0 fully saturated rings. The fourth-order valence-electron chi connectivity index (χ4n) is 2.58. The normalized spacial score (nSPS) is 13.1. The van der Waals surface area contributed by atoms with Gasteiger partial charge in [-0.05, 0) is 47.9 Å². The molecule has 1 amide bonds. The molecule has 0 radical (unpaired) electrons. The van der Waals surface area contributed by atoms with Crippen molar-refractivity contribution in [1.82, 2.24) is 5.32 Å². The highest BCUT2D eigenvalue weighted by Crippen LogP contribution is 2.26. The predicted octanol–water partition coefficient (Wildman–Crippen LogP) is 4.78. The van der Waals surface area contributed by atoms with Gasteiger partial charge in [-0.2, -0.15) is 0 Å². The second-order valence-corrected chi connectivity index (χ2v) is 7.16. The zero-order chi connectivity index (χ0) is 20.2. The number of amides is 1. The summed E-state index contributed by atoms with van der Waals surface area (Å²) >= 11 is 0. The van der Waals surface area contributed by atoms with Crippen LogP contribution in [0.3, 0.4) is 0 Å². The zero-order valence-electron chi connectivity index (χ0n) is 15.6. The quantitative estimate of drug-likeness (QED) is 0.785. The highest BCUT2D eigenvalue weighted by molar-refractivity contribution is 5.95. The molecule has 0 unspecified atom stereocenters. The van der Waals surface area contributed by atoms with Crippen molar-refractivity contribution in [1.29, 1.82) is 0 Å². The Morgan fingerprint density at radius 3 is 1.96 bits per heavy atom. The van der Waals surface area contributed by atoms with Crippen LogP contribution in [0.15, 0.2) is 48.5 Å². The number of hydrogen-bond donors (Lipinski definition) is 2. The molecular weight excluding hydrogens is 357 g/mol. The molecule has 27 heavy (non-hydrogen) atoms. The first-order chi connectivity index (χ1) is 12.5. The van der Waals surface area contributed by atoms with Crippen molar-refractivity contribution < 1.29 is 22.7 Å². The summed E-state index contributed by atoms with van der Waals surface area (Å²) in [6, 6.07) is 12.0. The number of alkyl halides is 3. The first-order valence-corrected chi connectivity index (χ1v) is 8.44. The lowest BCUT2D eigenvalue weighted by Crippen LogP contribution is -2.30. The Hall–Kier alpha value is -2.54. The third-order valence-corrected chi connectivity index (χ3v) is 4.02. The summed E-state index contributed by atoms with van der Waals surface area (Å²) in [4.78, 5) is 12.6. The smallest absolute Gasteiger partial charge is 0.406 e. The standard InChI is InChI=1S/C20H23F3N2O2/c1-19(2,3)14-7-9-15(10-8-14)25-18(26)17(24-4)13-5-11-16(12-6-13)27-20(21,22)23/h5-12,17,24H,1-4H3,(H,25,26)/t17-/m1/s1. The van der Waals surface area contributed by atoms with Gasteiger partial charge in [0.15, 0.2) is 0 Å². The topological polar surface area (TPSA) is 50.4 Å². The van der Waals surface area contributed by atoms with E-state index in [4.69, 9.17) is 0 Å². The maximum absolute atomic E-state index is 12.6. The molecular formula is C20H23F3N2O2. The van der Waals surface area contributed by atoms with E-state index in [-0.39, 0.29) is 17.1 Å². The lowest BCUT2D eigenvalue weighted by Gasteiger charge is -2.20. The Kier molecular flexibility index (Phi) is 6.15. The van der Waals surface area contributed by atoms with Crippen molar-refractivity contribution in [2.75, 3.05) is 12.4 Å². The van der Waals surface area contributed by atoms with Crippen LogP contribution in [0.1, 0.15) is 37.9 Å². The monoisotopic (exact) mass is 380 g/mol. The van der Waals surface area contributed by atoms with Gasteiger partial charge in [-0.1, -0.05) is 45.0 Å². The van der Waals surface area contributed by atoms with Gasteiger partial charge in [0.25, 0.3) is 0 Å². The number of halogens is 3. The van der Waals surface area contributed by atoms with Crippen LogP contribution in [0.2, 0.25) is 0 Å². The molecule has 2 N–H and O–H groups in total. The molecule has 0 spiro atoms. The van der Waals surface area contributed by atoms with E-state index in [1.807, 2.05) is 24.3 Å². The second-order valence-electron chi connectivity index (χ2n) is 7.16. The highest BCUT2D eigenvalue weighted by Gasteiger charge is 2.31. The van der Waals surface area contributed by atoms with E-state index in [0.717, 1.165) is 5.56 Å². The summed E-state index contributed by atoms with van der Waals surface area (Å²) in [5.74, 6) is -0.648. The summed E-state index contributed by atoms with van der Waals surface area (Å²) < 4.78 is 40.6. The number of carbonyl (C=O) groups excluding carboxylic acids is 1. The molecule has 0 bridgehead atoms. The van der Waals surface area contributed by atoms with Crippen LogP contribution in [-0.4, -0.2) is 19.3 Å². The molecule has 2 aromatic rings. The molecule has 146 valence electrons. The van der Waals surface area contributed by atoms with Gasteiger partial charge in [0, 0.05) is 5.69 Å². The van der Waals surface area contributed by atoms with E-state index in [0.29, 0.717) is 11.3 Å². The Bertz CT molecular complexity index is 764. The minimum Gasteiger partial charge on any atom is -0.406 e.